The molecule has 0 aromatic carbocycles. The Labute approximate surface area is 80.2 Å². The molecule has 0 aliphatic rings. The van der Waals surface area contributed by atoms with Gasteiger partial charge in [0, 0.05) is 12.5 Å². The van der Waals surface area contributed by atoms with Crippen molar-refractivity contribution in [1.29, 1.82) is 0 Å². The van der Waals surface area contributed by atoms with E-state index in [9.17, 15) is 8.77 Å². The summed E-state index contributed by atoms with van der Waals surface area (Å²) in [6.45, 7) is 3.99. The second-order valence-electron chi connectivity index (χ2n) is 2.79. The molecule has 0 aliphatic carbocycles. The van der Waals surface area contributed by atoms with Crippen LogP contribution in [0, 0.1) is 0 Å². The summed E-state index contributed by atoms with van der Waals surface area (Å²) >= 11 is 0. The molecule has 0 rings (SSSR count). The van der Waals surface area contributed by atoms with E-state index in [4.69, 9.17) is 9.05 Å². The highest BCUT2D eigenvalue weighted by Crippen LogP contribution is 2.45. The first-order chi connectivity index (χ1) is 5.83. The van der Waals surface area contributed by atoms with Crippen LogP contribution in [-0.2, 0) is 23.1 Å². The maximum absolute atomic E-state index is 11.7. The van der Waals surface area contributed by atoms with Crippen molar-refractivity contribution < 1.29 is 17.8 Å². The van der Waals surface area contributed by atoms with Gasteiger partial charge in [-0.1, -0.05) is 0 Å². The summed E-state index contributed by atoms with van der Waals surface area (Å²) in [5, 5.41) is 1.19. The van der Waals surface area contributed by atoms with Gasteiger partial charge in [0.05, 0.1) is 18.3 Å². The molecule has 80 valence electrons. The third kappa shape index (κ3) is 6.27. The minimum absolute atomic E-state index is 0.281. The molecule has 0 amide bonds. The van der Waals surface area contributed by atoms with Crippen LogP contribution >= 0.6 is 7.60 Å². The first kappa shape index (κ1) is 13.2. The molecule has 0 spiro atoms. The lowest BCUT2D eigenvalue weighted by molar-refractivity contribution is 0.234. The zero-order valence-corrected chi connectivity index (χ0v) is 10.2. The second kappa shape index (κ2) is 5.15. The second-order valence-corrected chi connectivity index (χ2v) is 7.85. The Balaban J connectivity index is 4.82. The molecule has 0 N–H and O–H groups in total. The van der Waals surface area contributed by atoms with E-state index in [2.05, 4.69) is 0 Å². The molecular formula is C7H17O4PS. The van der Waals surface area contributed by atoms with Gasteiger partial charge >= 0.3 is 7.60 Å². The largest absolute Gasteiger partial charge is 0.362 e. The Morgan fingerprint density at radius 2 is 1.62 bits per heavy atom. The van der Waals surface area contributed by atoms with Crippen LogP contribution in [0.3, 0.4) is 0 Å². The van der Waals surface area contributed by atoms with Gasteiger partial charge in [0.25, 0.3) is 0 Å². The number of rotatable bonds is 5. The fourth-order valence-corrected chi connectivity index (χ4v) is 4.54. The van der Waals surface area contributed by atoms with Crippen LogP contribution in [0.25, 0.3) is 0 Å². The van der Waals surface area contributed by atoms with Crippen LogP contribution in [0.5, 0.6) is 0 Å². The highest BCUT2D eigenvalue weighted by molar-refractivity contribution is 8.08. The monoisotopic (exact) mass is 228 g/mol. The van der Waals surface area contributed by atoms with Gasteiger partial charge in [0.15, 0.2) is 0 Å². The summed E-state index contributed by atoms with van der Waals surface area (Å²) in [7, 11) is -5.46. The van der Waals surface area contributed by atoms with E-state index in [1.54, 1.807) is 13.8 Å². The molecule has 0 bridgehead atoms. The predicted octanol–water partition coefficient (Wildman–Crippen LogP) is 1.56. The third-order valence-electron chi connectivity index (χ3n) is 1.00. The highest BCUT2D eigenvalue weighted by Gasteiger charge is 2.21. The molecule has 0 fully saturated rings. The van der Waals surface area contributed by atoms with E-state index < -0.39 is 17.1 Å². The van der Waals surface area contributed by atoms with Crippen molar-refractivity contribution >= 4 is 22.2 Å². The van der Waals surface area contributed by atoms with Crippen molar-refractivity contribution in [1.82, 2.24) is 0 Å². The van der Waals surface area contributed by atoms with Crippen molar-refractivity contribution in [2.24, 2.45) is 0 Å². The molecule has 0 atom stereocenters. The fourth-order valence-electron chi connectivity index (χ4n) is 0.769. The lowest BCUT2D eigenvalue weighted by atomic mass is 10.9. The Morgan fingerprint density at radius 3 is 1.85 bits per heavy atom. The van der Waals surface area contributed by atoms with Crippen molar-refractivity contribution in [3.05, 3.63) is 0 Å². The Kier molecular flexibility index (Phi) is 5.22. The molecule has 13 heavy (non-hydrogen) atoms. The third-order valence-corrected chi connectivity index (χ3v) is 5.30. The van der Waals surface area contributed by atoms with E-state index >= 15 is 0 Å². The lowest BCUT2D eigenvalue weighted by Gasteiger charge is -2.13. The molecule has 0 saturated heterocycles. The summed E-state index contributed by atoms with van der Waals surface area (Å²) < 4.78 is 33.0. The van der Waals surface area contributed by atoms with Crippen molar-refractivity contribution in [2.45, 2.75) is 13.8 Å². The van der Waals surface area contributed by atoms with E-state index in [0.717, 1.165) is 0 Å². The zero-order valence-electron chi connectivity index (χ0n) is 8.48. The normalized spacial score (nSPS) is 12.9. The van der Waals surface area contributed by atoms with E-state index in [1.165, 1.54) is 17.6 Å². The lowest BCUT2D eigenvalue weighted by Crippen LogP contribution is -2.03. The molecule has 0 saturated carbocycles. The average Bonchev–Trinajstić information content (AvgIpc) is 1.82. The molecule has 0 heterocycles. The van der Waals surface area contributed by atoms with Gasteiger partial charge in [0.2, 0.25) is 0 Å². The van der Waals surface area contributed by atoms with Crippen LogP contribution in [0.2, 0.25) is 0 Å². The maximum atomic E-state index is 11.7. The van der Waals surface area contributed by atoms with E-state index in [-0.39, 0.29) is 13.2 Å². The van der Waals surface area contributed by atoms with Gasteiger partial charge in [-0.05, 0) is 23.4 Å². The topological polar surface area (TPSA) is 52.6 Å². The van der Waals surface area contributed by atoms with Crippen molar-refractivity contribution in [3.8, 4) is 0 Å². The van der Waals surface area contributed by atoms with Crippen molar-refractivity contribution in [2.75, 3.05) is 25.7 Å². The first-order valence-corrected chi connectivity index (χ1v) is 8.07. The molecule has 6 heteroatoms. The van der Waals surface area contributed by atoms with Gasteiger partial charge in [-0.3, -0.25) is 8.77 Å². The minimum Gasteiger partial charge on any atom is -0.306 e. The summed E-state index contributed by atoms with van der Waals surface area (Å²) in [4.78, 5) is 0. The standard InChI is InChI=1S/C7H17O4PS/c1-5-10-12(8,11-6-2)7-13(3,4)9/h7H,5-6H2,1-4H3. The predicted molar refractivity (Wildman–Crippen MR) is 56.9 cm³/mol. The summed E-state index contributed by atoms with van der Waals surface area (Å²) in [5.41, 5.74) is 0. The van der Waals surface area contributed by atoms with Gasteiger partial charge < -0.3 is 9.05 Å². The molecule has 0 aromatic heterocycles. The molecule has 0 radical (unpaired) electrons. The van der Waals surface area contributed by atoms with Gasteiger partial charge in [-0.15, -0.1) is 0 Å². The summed E-state index contributed by atoms with van der Waals surface area (Å²) in [6, 6.07) is 0. The quantitative estimate of drug-likeness (QED) is 0.529. The zero-order chi connectivity index (χ0) is 10.5. The van der Waals surface area contributed by atoms with Gasteiger partial charge in [-0.2, -0.15) is 0 Å². The van der Waals surface area contributed by atoms with Crippen LogP contribution in [0.1, 0.15) is 13.8 Å². The van der Waals surface area contributed by atoms with E-state index in [1.807, 2.05) is 0 Å². The summed E-state index contributed by atoms with van der Waals surface area (Å²) in [6.07, 6.45) is 3.00. The number of hydrogen-bond acceptors (Lipinski definition) is 4. The SMILES string of the molecule is CCOP(=O)(C=S(C)(C)=O)OCC. The van der Waals surface area contributed by atoms with Crippen LogP contribution < -0.4 is 0 Å². The number of hydrogen-bond donors (Lipinski definition) is 0. The molecule has 0 aromatic rings. The minimum atomic E-state index is -3.24. The molecule has 0 unspecified atom stereocenters. The van der Waals surface area contributed by atoms with Gasteiger partial charge in [0.1, 0.15) is 0 Å². The Hall–Kier alpha value is 0.170. The van der Waals surface area contributed by atoms with E-state index in [0.29, 0.717) is 0 Å². The molecule has 0 aliphatic heterocycles. The Morgan fingerprint density at radius 1 is 1.23 bits per heavy atom. The fraction of sp³-hybridized carbons (Fsp3) is 0.857. The van der Waals surface area contributed by atoms with Crippen molar-refractivity contribution in [3.63, 3.8) is 0 Å². The van der Waals surface area contributed by atoms with Crippen LogP contribution in [-0.4, -0.2) is 35.0 Å². The smallest absolute Gasteiger partial charge is 0.306 e. The average molecular weight is 228 g/mol. The summed E-state index contributed by atoms with van der Waals surface area (Å²) in [5.74, 6) is 0. The van der Waals surface area contributed by atoms with Crippen LogP contribution in [0.15, 0.2) is 0 Å². The van der Waals surface area contributed by atoms with Crippen LogP contribution in [0.4, 0.5) is 0 Å². The first-order valence-electron chi connectivity index (χ1n) is 4.02. The maximum Gasteiger partial charge on any atom is 0.362 e. The Bertz CT molecular complexity index is 286. The van der Waals surface area contributed by atoms with Gasteiger partial charge in [-0.25, -0.2) is 0 Å². The molecule has 4 nitrogen and oxygen atoms in total. The highest BCUT2D eigenvalue weighted by atomic mass is 32.2. The molecular weight excluding hydrogens is 211 g/mol.